The lowest BCUT2D eigenvalue weighted by molar-refractivity contribution is -0.383. The van der Waals surface area contributed by atoms with Crippen molar-refractivity contribution < 1.29 is 19.1 Å². The van der Waals surface area contributed by atoms with Crippen molar-refractivity contribution in [3.05, 3.63) is 58.9 Å². The monoisotopic (exact) mass is 397 g/mol. The molecule has 3 aromatic rings. The largest absolute Gasteiger partial charge is 0.497 e. The van der Waals surface area contributed by atoms with Gasteiger partial charge in [0.25, 0.3) is 0 Å². The van der Waals surface area contributed by atoms with Gasteiger partial charge >= 0.3 is 5.69 Å². The number of hydrogen-bond acceptors (Lipinski definition) is 9. The predicted molar refractivity (Wildman–Crippen MR) is 108 cm³/mol. The maximum Gasteiger partial charge on any atom is 0.353 e. The van der Waals surface area contributed by atoms with Crippen LogP contribution in [0.4, 0.5) is 28.7 Å². The number of nitro groups is 1. The molecule has 0 spiro atoms. The summed E-state index contributed by atoms with van der Waals surface area (Å²) in [6.07, 6.45) is 1.23. The fourth-order valence-corrected chi connectivity index (χ4v) is 2.61. The van der Waals surface area contributed by atoms with Crippen LogP contribution in [0.1, 0.15) is 0 Å². The number of nitrogens with zero attached hydrogens (tertiary/aromatic N) is 3. The third kappa shape index (κ3) is 4.43. The first-order valence-electron chi connectivity index (χ1n) is 8.45. The highest BCUT2D eigenvalue weighted by Crippen LogP contribution is 2.37. The second-order valence-electron chi connectivity index (χ2n) is 5.72. The number of anilines is 4. The Labute approximate surface area is 166 Å². The molecule has 1 heterocycles. The van der Waals surface area contributed by atoms with Crippen molar-refractivity contribution in [3.8, 4) is 17.2 Å². The summed E-state index contributed by atoms with van der Waals surface area (Å²) in [4.78, 5) is 19.3. The van der Waals surface area contributed by atoms with Crippen LogP contribution in [-0.4, -0.2) is 36.2 Å². The van der Waals surface area contributed by atoms with Crippen LogP contribution in [0.25, 0.3) is 0 Å². The average molecular weight is 397 g/mol. The van der Waals surface area contributed by atoms with Gasteiger partial charge in [0.05, 0.1) is 31.9 Å². The molecule has 0 aliphatic rings. The summed E-state index contributed by atoms with van der Waals surface area (Å²) in [6, 6.07) is 12.0. The van der Waals surface area contributed by atoms with E-state index in [0.29, 0.717) is 28.6 Å². The lowest BCUT2D eigenvalue weighted by atomic mass is 10.2. The van der Waals surface area contributed by atoms with Gasteiger partial charge in [0.1, 0.15) is 23.6 Å². The molecule has 0 fully saturated rings. The molecule has 2 aromatic carbocycles. The smallest absolute Gasteiger partial charge is 0.353 e. The van der Waals surface area contributed by atoms with Gasteiger partial charge in [-0.2, -0.15) is 0 Å². The number of methoxy groups -OCH3 is 3. The van der Waals surface area contributed by atoms with Gasteiger partial charge in [-0.05, 0) is 24.3 Å². The molecule has 0 radical (unpaired) electrons. The minimum atomic E-state index is -0.558. The third-order valence-electron chi connectivity index (χ3n) is 4.00. The van der Waals surface area contributed by atoms with E-state index in [-0.39, 0.29) is 17.3 Å². The molecule has 0 bridgehead atoms. The van der Waals surface area contributed by atoms with Crippen molar-refractivity contribution >= 4 is 28.7 Å². The van der Waals surface area contributed by atoms with E-state index in [1.54, 1.807) is 42.5 Å². The lowest BCUT2D eigenvalue weighted by Crippen LogP contribution is -2.06. The first-order chi connectivity index (χ1) is 14.0. The summed E-state index contributed by atoms with van der Waals surface area (Å²) >= 11 is 0. The Kier molecular flexibility index (Phi) is 5.93. The molecule has 1 aromatic heterocycles. The Hall–Kier alpha value is -4.08. The first-order valence-corrected chi connectivity index (χ1v) is 8.45. The third-order valence-corrected chi connectivity index (χ3v) is 4.00. The van der Waals surface area contributed by atoms with Crippen LogP contribution in [0.3, 0.4) is 0 Å². The van der Waals surface area contributed by atoms with E-state index in [0.717, 1.165) is 0 Å². The van der Waals surface area contributed by atoms with E-state index in [2.05, 4.69) is 20.6 Å². The fraction of sp³-hybridized carbons (Fsp3) is 0.158. The zero-order valence-electron chi connectivity index (χ0n) is 16.0. The fourth-order valence-electron chi connectivity index (χ4n) is 2.61. The summed E-state index contributed by atoms with van der Waals surface area (Å²) in [6.45, 7) is 0. The maximum absolute atomic E-state index is 11.8. The highest BCUT2D eigenvalue weighted by atomic mass is 16.6. The quantitative estimate of drug-likeness (QED) is 0.430. The van der Waals surface area contributed by atoms with Crippen LogP contribution in [-0.2, 0) is 0 Å². The van der Waals surface area contributed by atoms with Gasteiger partial charge in [0.2, 0.25) is 11.6 Å². The van der Waals surface area contributed by atoms with Gasteiger partial charge in [-0.15, -0.1) is 0 Å². The first kappa shape index (κ1) is 19.7. The van der Waals surface area contributed by atoms with Crippen LogP contribution in [0, 0.1) is 10.1 Å². The van der Waals surface area contributed by atoms with Gasteiger partial charge in [-0.25, -0.2) is 9.97 Å². The Morgan fingerprint density at radius 2 is 1.59 bits per heavy atom. The summed E-state index contributed by atoms with van der Waals surface area (Å²) in [5, 5.41) is 17.7. The molecule has 29 heavy (non-hydrogen) atoms. The van der Waals surface area contributed by atoms with E-state index >= 15 is 0 Å². The van der Waals surface area contributed by atoms with E-state index in [9.17, 15) is 10.1 Å². The van der Waals surface area contributed by atoms with Gasteiger partial charge in [0.15, 0.2) is 0 Å². The molecule has 0 saturated carbocycles. The van der Waals surface area contributed by atoms with Gasteiger partial charge in [0, 0.05) is 17.8 Å². The SMILES string of the molecule is COc1cccc(Nc2ncnc(Nc3cc(OC)ccc3OC)c2[N+](=O)[O-])c1. The van der Waals surface area contributed by atoms with Gasteiger partial charge in [-0.1, -0.05) is 6.07 Å². The van der Waals surface area contributed by atoms with Crippen molar-refractivity contribution in [3.63, 3.8) is 0 Å². The normalized spacial score (nSPS) is 10.2. The van der Waals surface area contributed by atoms with Crippen LogP contribution >= 0.6 is 0 Å². The van der Waals surface area contributed by atoms with Crippen LogP contribution in [0.15, 0.2) is 48.8 Å². The lowest BCUT2D eigenvalue weighted by Gasteiger charge is -2.13. The zero-order chi connectivity index (χ0) is 20.8. The molecule has 150 valence electrons. The predicted octanol–water partition coefficient (Wildman–Crippen LogP) is 3.90. The molecule has 3 rings (SSSR count). The van der Waals surface area contributed by atoms with E-state index in [1.165, 1.54) is 27.7 Å². The van der Waals surface area contributed by atoms with E-state index in [4.69, 9.17) is 14.2 Å². The molecule has 10 nitrogen and oxygen atoms in total. The molecule has 0 aliphatic carbocycles. The summed E-state index contributed by atoms with van der Waals surface area (Å²) < 4.78 is 15.7. The number of nitrogens with one attached hydrogen (secondary N) is 2. The van der Waals surface area contributed by atoms with Crippen LogP contribution < -0.4 is 24.8 Å². The highest BCUT2D eigenvalue weighted by molar-refractivity contribution is 5.78. The van der Waals surface area contributed by atoms with Gasteiger partial charge < -0.3 is 24.8 Å². The zero-order valence-corrected chi connectivity index (χ0v) is 16.0. The summed E-state index contributed by atoms with van der Waals surface area (Å²) in [7, 11) is 4.56. The molecular formula is C19H19N5O5. The van der Waals surface area contributed by atoms with E-state index in [1.807, 2.05) is 0 Å². The Morgan fingerprint density at radius 3 is 2.24 bits per heavy atom. The Bertz CT molecular complexity index is 1030. The maximum atomic E-state index is 11.8. The molecule has 0 aliphatic heterocycles. The minimum Gasteiger partial charge on any atom is -0.497 e. The number of aromatic nitrogens is 2. The number of hydrogen-bond donors (Lipinski definition) is 2. The van der Waals surface area contributed by atoms with E-state index < -0.39 is 4.92 Å². The molecule has 0 atom stereocenters. The van der Waals surface area contributed by atoms with Crippen LogP contribution in [0.2, 0.25) is 0 Å². The second kappa shape index (κ2) is 8.74. The standard InChI is InChI=1S/C19H19N5O5/c1-27-13-6-4-5-12(9-13)22-18-17(24(25)26)19(21-11-20-18)23-15-10-14(28-2)7-8-16(15)29-3/h4-11H,1-3H3,(H2,20,21,22,23). The molecule has 0 saturated heterocycles. The Morgan fingerprint density at radius 1 is 0.897 bits per heavy atom. The number of ether oxygens (including phenoxy) is 3. The van der Waals surface area contributed by atoms with Crippen molar-refractivity contribution in [1.29, 1.82) is 0 Å². The van der Waals surface area contributed by atoms with Crippen molar-refractivity contribution in [2.45, 2.75) is 0 Å². The minimum absolute atomic E-state index is 0.00180. The van der Waals surface area contributed by atoms with Crippen LogP contribution in [0.5, 0.6) is 17.2 Å². The molecule has 10 heteroatoms. The molecular weight excluding hydrogens is 378 g/mol. The molecule has 2 N–H and O–H groups in total. The molecule has 0 amide bonds. The number of rotatable bonds is 8. The number of benzene rings is 2. The van der Waals surface area contributed by atoms with Gasteiger partial charge in [-0.3, -0.25) is 10.1 Å². The second-order valence-corrected chi connectivity index (χ2v) is 5.72. The summed E-state index contributed by atoms with van der Waals surface area (Å²) in [5.74, 6) is 1.66. The average Bonchev–Trinajstić information content (AvgIpc) is 2.73. The van der Waals surface area contributed by atoms with Crippen molar-refractivity contribution in [2.75, 3.05) is 32.0 Å². The van der Waals surface area contributed by atoms with Crippen molar-refractivity contribution in [1.82, 2.24) is 9.97 Å². The molecule has 0 unspecified atom stereocenters. The highest BCUT2D eigenvalue weighted by Gasteiger charge is 2.24. The Balaban J connectivity index is 2.00. The topological polar surface area (TPSA) is 121 Å². The van der Waals surface area contributed by atoms with Crippen molar-refractivity contribution in [2.24, 2.45) is 0 Å². The summed E-state index contributed by atoms with van der Waals surface area (Å²) in [5.41, 5.74) is 0.720.